The van der Waals surface area contributed by atoms with Gasteiger partial charge < -0.3 is 20.3 Å². The number of carbonyl (C=O) groups excluding carboxylic acids is 1. The molecule has 3 aliphatic rings. The molecule has 10 heteroatoms. The number of hydrogen-bond acceptors (Lipinski definition) is 5. The van der Waals surface area contributed by atoms with E-state index in [0.717, 1.165) is 43.2 Å². The van der Waals surface area contributed by atoms with Crippen LogP contribution in [0.3, 0.4) is 0 Å². The minimum Gasteiger partial charge on any atom is -0.477 e. The number of nitrogens with one attached hydrogen (secondary N) is 2. The average molecular weight is 483 g/mol. The van der Waals surface area contributed by atoms with Crippen molar-refractivity contribution in [3.8, 4) is 0 Å². The summed E-state index contributed by atoms with van der Waals surface area (Å²) >= 11 is 13.5. The number of rotatable bonds is 6. The number of hydrogen-bond donors (Lipinski definition) is 3. The highest BCUT2D eigenvalue weighted by molar-refractivity contribution is 7.17. The quantitative estimate of drug-likeness (QED) is 0.567. The number of piperidine rings is 1. The Balaban J connectivity index is 1.22. The number of aromatic amines is 1. The number of carbonyl (C=O) groups is 2. The molecule has 0 bridgehead atoms. The SMILES string of the molecule is Cc1[nH]c(C(=O)NC2[C@H]3CN(c4nc(CC5CCCC5)c(C(=O)O)s4)C[C@@H]23)c(Cl)c1Cl. The highest BCUT2D eigenvalue weighted by Crippen LogP contribution is 2.48. The summed E-state index contributed by atoms with van der Waals surface area (Å²) in [6.45, 7) is 3.31. The van der Waals surface area contributed by atoms with Gasteiger partial charge >= 0.3 is 5.97 Å². The fraction of sp³-hybridized carbons (Fsp3) is 0.571. The molecule has 7 nitrogen and oxygen atoms in total. The zero-order valence-electron chi connectivity index (χ0n) is 17.1. The number of halogens is 2. The Kier molecular flexibility index (Phi) is 5.43. The van der Waals surface area contributed by atoms with Crippen LogP contribution in [-0.2, 0) is 6.42 Å². The lowest BCUT2D eigenvalue weighted by Crippen LogP contribution is -2.34. The number of aryl methyl sites for hydroxylation is 1. The molecular formula is C21H24Cl2N4O3S. The predicted octanol–water partition coefficient (Wildman–Crippen LogP) is 4.38. The maximum absolute atomic E-state index is 12.6. The molecule has 5 rings (SSSR count). The van der Waals surface area contributed by atoms with Gasteiger partial charge in [-0.05, 0) is 19.3 Å². The minimum absolute atomic E-state index is 0.0964. The number of amides is 1. The van der Waals surface area contributed by atoms with Gasteiger partial charge in [-0.1, -0.05) is 60.2 Å². The van der Waals surface area contributed by atoms with Gasteiger partial charge in [0.1, 0.15) is 10.6 Å². The van der Waals surface area contributed by atoms with Crippen LogP contribution in [-0.4, -0.2) is 46.1 Å². The molecule has 1 amide bonds. The molecule has 0 spiro atoms. The highest BCUT2D eigenvalue weighted by atomic mass is 35.5. The van der Waals surface area contributed by atoms with Crippen LogP contribution in [0.25, 0.3) is 0 Å². The van der Waals surface area contributed by atoms with Crippen LogP contribution >= 0.6 is 34.5 Å². The van der Waals surface area contributed by atoms with Crippen LogP contribution in [0.5, 0.6) is 0 Å². The van der Waals surface area contributed by atoms with E-state index >= 15 is 0 Å². The molecule has 31 heavy (non-hydrogen) atoms. The van der Waals surface area contributed by atoms with Crippen LogP contribution in [0, 0.1) is 24.7 Å². The summed E-state index contributed by atoms with van der Waals surface area (Å²) in [6, 6.07) is 0.0964. The Morgan fingerprint density at radius 3 is 2.48 bits per heavy atom. The number of nitrogens with zero attached hydrogens (tertiary/aromatic N) is 2. The summed E-state index contributed by atoms with van der Waals surface area (Å²) in [5, 5.41) is 14.1. The number of carboxylic acid groups (broad SMARTS) is 1. The maximum Gasteiger partial charge on any atom is 0.347 e. The molecule has 1 unspecified atom stereocenters. The van der Waals surface area contributed by atoms with Crippen molar-refractivity contribution in [3.63, 3.8) is 0 Å². The first kappa shape index (κ1) is 21.1. The molecule has 2 saturated carbocycles. The lowest BCUT2D eigenvalue weighted by Gasteiger charge is -2.19. The number of carboxylic acids is 1. The van der Waals surface area contributed by atoms with Crippen molar-refractivity contribution < 1.29 is 14.7 Å². The van der Waals surface area contributed by atoms with E-state index in [2.05, 4.69) is 15.2 Å². The van der Waals surface area contributed by atoms with Gasteiger partial charge in [0.25, 0.3) is 5.91 Å². The second kappa shape index (κ2) is 7.98. The first-order valence-electron chi connectivity index (χ1n) is 10.7. The molecule has 0 radical (unpaired) electrons. The lowest BCUT2D eigenvalue weighted by molar-refractivity contribution is 0.0700. The van der Waals surface area contributed by atoms with Crippen LogP contribution in [0.1, 0.15) is 57.2 Å². The van der Waals surface area contributed by atoms with Gasteiger partial charge in [0.15, 0.2) is 5.13 Å². The van der Waals surface area contributed by atoms with E-state index < -0.39 is 5.97 Å². The Labute approximate surface area is 194 Å². The van der Waals surface area contributed by atoms with E-state index in [1.807, 2.05) is 0 Å². The highest BCUT2D eigenvalue weighted by Gasteiger charge is 2.57. The zero-order valence-corrected chi connectivity index (χ0v) is 19.4. The molecule has 2 aliphatic carbocycles. The largest absolute Gasteiger partial charge is 0.477 e. The van der Waals surface area contributed by atoms with Gasteiger partial charge in [0, 0.05) is 36.7 Å². The van der Waals surface area contributed by atoms with Gasteiger partial charge in [0.2, 0.25) is 0 Å². The molecule has 3 heterocycles. The van der Waals surface area contributed by atoms with Crippen molar-refractivity contribution in [3.05, 3.63) is 32.0 Å². The Hall–Kier alpha value is -1.77. The van der Waals surface area contributed by atoms with Gasteiger partial charge in [-0.3, -0.25) is 4.79 Å². The number of anilines is 1. The summed E-state index contributed by atoms with van der Waals surface area (Å²) in [5.41, 5.74) is 1.71. The Morgan fingerprint density at radius 1 is 1.23 bits per heavy atom. The Bertz CT molecular complexity index is 1030. The number of aromatic nitrogens is 2. The predicted molar refractivity (Wildman–Crippen MR) is 121 cm³/mol. The summed E-state index contributed by atoms with van der Waals surface area (Å²) in [5.74, 6) is 0.0984. The van der Waals surface area contributed by atoms with Crippen molar-refractivity contribution in [2.24, 2.45) is 17.8 Å². The van der Waals surface area contributed by atoms with Crippen molar-refractivity contribution in [2.45, 2.75) is 45.1 Å². The average Bonchev–Trinajstić information content (AvgIpc) is 3.30. The zero-order chi connectivity index (χ0) is 21.9. The van der Waals surface area contributed by atoms with Crippen molar-refractivity contribution in [1.29, 1.82) is 0 Å². The van der Waals surface area contributed by atoms with Gasteiger partial charge in [-0.15, -0.1) is 0 Å². The summed E-state index contributed by atoms with van der Waals surface area (Å²) in [6.07, 6.45) is 5.54. The summed E-state index contributed by atoms with van der Waals surface area (Å²) < 4.78 is 0. The molecule has 166 valence electrons. The Morgan fingerprint density at radius 2 is 1.90 bits per heavy atom. The van der Waals surface area contributed by atoms with E-state index in [1.165, 1.54) is 24.2 Å². The third kappa shape index (κ3) is 3.83. The molecule has 1 aliphatic heterocycles. The first-order valence-corrected chi connectivity index (χ1v) is 12.2. The van der Waals surface area contributed by atoms with E-state index in [0.29, 0.717) is 39.0 Å². The van der Waals surface area contributed by atoms with Crippen LogP contribution < -0.4 is 10.2 Å². The topological polar surface area (TPSA) is 98.3 Å². The van der Waals surface area contributed by atoms with Gasteiger partial charge in [-0.2, -0.15) is 0 Å². The van der Waals surface area contributed by atoms with E-state index in [4.69, 9.17) is 28.2 Å². The van der Waals surface area contributed by atoms with E-state index in [-0.39, 0.29) is 17.0 Å². The smallest absolute Gasteiger partial charge is 0.347 e. The number of fused-ring (bicyclic) bond motifs is 1. The van der Waals surface area contributed by atoms with Crippen molar-refractivity contribution in [1.82, 2.24) is 15.3 Å². The second-order valence-corrected chi connectivity index (χ2v) is 10.7. The van der Waals surface area contributed by atoms with Gasteiger partial charge in [0.05, 0.1) is 15.7 Å². The standard InChI is InChI=1S/C21H24Cl2N4O3S/c1-9-14(22)15(23)17(24-9)19(28)26-16-11-7-27(8-12(11)16)21-25-13(18(31-21)20(29)30)6-10-4-2-3-5-10/h10-12,16,24H,2-8H2,1H3,(H,26,28)(H,29,30)/t11-,12+,16?. The number of aromatic carboxylic acids is 1. The molecule has 3 fully saturated rings. The van der Waals surface area contributed by atoms with E-state index in [9.17, 15) is 14.7 Å². The molecule has 2 aromatic rings. The monoisotopic (exact) mass is 482 g/mol. The fourth-order valence-corrected chi connectivity index (χ4v) is 6.48. The van der Waals surface area contributed by atoms with E-state index in [1.54, 1.807) is 6.92 Å². The number of H-pyrrole nitrogens is 1. The van der Waals surface area contributed by atoms with Crippen LogP contribution in [0.2, 0.25) is 10.0 Å². The molecule has 2 aromatic heterocycles. The molecule has 0 aromatic carbocycles. The maximum atomic E-state index is 12.6. The fourth-order valence-electron chi connectivity index (χ4n) is 5.12. The van der Waals surface area contributed by atoms with Crippen LogP contribution in [0.15, 0.2) is 0 Å². The second-order valence-electron chi connectivity index (χ2n) is 8.92. The molecular weight excluding hydrogens is 459 g/mol. The molecule has 3 atom stereocenters. The molecule has 3 N–H and O–H groups in total. The number of thiazole rings is 1. The normalized spacial score (nSPS) is 25.1. The first-order chi connectivity index (χ1) is 14.8. The minimum atomic E-state index is -0.886. The van der Waals surface area contributed by atoms with Gasteiger partial charge in [-0.25, -0.2) is 9.78 Å². The summed E-state index contributed by atoms with van der Waals surface area (Å²) in [4.78, 5) is 34.5. The van der Waals surface area contributed by atoms with Crippen molar-refractivity contribution in [2.75, 3.05) is 18.0 Å². The summed E-state index contributed by atoms with van der Waals surface area (Å²) in [7, 11) is 0. The molecule has 1 saturated heterocycles. The van der Waals surface area contributed by atoms with Crippen LogP contribution in [0.4, 0.5) is 5.13 Å². The van der Waals surface area contributed by atoms with Crippen molar-refractivity contribution >= 4 is 51.5 Å². The third-order valence-electron chi connectivity index (χ3n) is 6.88. The lowest BCUT2D eigenvalue weighted by atomic mass is 10.0. The third-order valence-corrected chi connectivity index (χ3v) is 8.97.